The van der Waals surface area contributed by atoms with E-state index in [2.05, 4.69) is 26.3 Å². The lowest BCUT2D eigenvalue weighted by atomic mass is 9.92. The summed E-state index contributed by atoms with van der Waals surface area (Å²) in [5, 5.41) is 9.98. The Balaban J connectivity index is 1.60. The number of piperazine rings is 1. The summed E-state index contributed by atoms with van der Waals surface area (Å²) in [4.78, 5) is 107. The summed E-state index contributed by atoms with van der Waals surface area (Å²) in [6, 6.07) is -4.38. The Morgan fingerprint density at radius 2 is 1.79 bits per heavy atom. The van der Waals surface area contributed by atoms with Gasteiger partial charge in [-0.25, -0.2) is 14.5 Å². The second kappa shape index (κ2) is 17.8. The lowest BCUT2D eigenvalue weighted by Gasteiger charge is -2.39. The molecule has 0 aromatic rings. The van der Waals surface area contributed by atoms with E-state index in [0.29, 0.717) is 45.2 Å². The maximum absolute atomic E-state index is 13.6. The van der Waals surface area contributed by atoms with Crippen molar-refractivity contribution in [2.24, 2.45) is 22.4 Å². The molecular formula is C28H44N10O9. The molecule has 19 nitrogen and oxygen atoms in total. The SMILES string of the molecule is C[C@H](C(=O)C[C@H](CCCN=C(N)N)C(=O)NC1CCOC1=O)N1CCN(C(=O)[C@H](CNC=O)N2C(=O)N[C@@H](CCNC=O)C2=O)CC1. The largest absolute Gasteiger partial charge is 0.464 e. The number of guanidine groups is 1. The van der Waals surface area contributed by atoms with E-state index >= 15 is 0 Å². The van der Waals surface area contributed by atoms with Crippen molar-refractivity contribution in [1.82, 2.24) is 36.0 Å². The van der Waals surface area contributed by atoms with Crippen molar-refractivity contribution in [1.29, 1.82) is 0 Å². The number of ketones is 1. The normalized spacial score (nSPS) is 21.6. The number of ether oxygens (including phenoxy) is 1. The van der Waals surface area contributed by atoms with Crippen LogP contribution in [-0.2, 0) is 38.3 Å². The van der Waals surface area contributed by atoms with Gasteiger partial charge in [-0.1, -0.05) is 0 Å². The van der Waals surface area contributed by atoms with Gasteiger partial charge in [-0.2, -0.15) is 0 Å². The first kappa shape index (κ1) is 36.7. The first-order valence-electron chi connectivity index (χ1n) is 15.5. The van der Waals surface area contributed by atoms with E-state index < -0.39 is 59.8 Å². The number of cyclic esters (lactones) is 1. The first-order chi connectivity index (χ1) is 22.5. The molecular weight excluding hydrogens is 620 g/mol. The fourth-order valence-electron chi connectivity index (χ4n) is 5.72. The van der Waals surface area contributed by atoms with Gasteiger partial charge in [0.2, 0.25) is 24.6 Å². The molecule has 0 aliphatic carbocycles. The van der Waals surface area contributed by atoms with E-state index in [1.807, 2.05) is 4.90 Å². The van der Waals surface area contributed by atoms with Crippen molar-refractivity contribution in [2.45, 2.75) is 63.2 Å². The zero-order chi connectivity index (χ0) is 34.5. The van der Waals surface area contributed by atoms with Crippen LogP contribution in [0.15, 0.2) is 4.99 Å². The molecule has 47 heavy (non-hydrogen) atoms. The molecule has 0 bridgehead atoms. The Hall–Kier alpha value is -4.81. The molecule has 7 amide bonds. The summed E-state index contributed by atoms with van der Waals surface area (Å²) in [5.74, 6) is -3.17. The molecule has 260 valence electrons. The van der Waals surface area contributed by atoms with Crippen molar-refractivity contribution in [3.63, 3.8) is 0 Å². The molecule has 0 radical (unpaired) electrons. The molecule has 8 N–H and O–H groups in total. The fraction of sp³-hybridized carbons (Fsp3) is 0.679. The molecule has 0 aromatic heterocycles. The molecule has 5 atom stereocenters. The van der Waals surface area contributed by atoms with E-state index in [-0.39, 0.29) is 63.9 Å². The van der Waals surface area contributed by atoms with Crippen LogP contribution in [0, 0.1) is 5.92 Å². The number of esters is 1. The standard InChI is InChI=1S/C28H44N10O9/c1-17(22(41)13-18(3-2-6-33-27(29)30)23(42)34-20-5-12-47-26(20)45)36-8-10-37(11-9-36)25(44)21(14-32-16-40)38-24(43)19(35-28(38)46)4-7-31-15-39/h15-21H,2-14H2,1H3,(H,31,39)(H,32,40)(H,34,42)(H,35,46)(H4,29,30,33)/t17-,18+,19+,20?,21+/m1/s1. The Labute approximate surface area is 271 Å². The van der Waals surface area contributed by atoms with Crippen molar-refractivity contribution in [3.8, 4) is 0 Å². The molecule has 3 aliphatic heterocycles. The molecule has 19 heteroatoms. The molecule has 3 fully saturated rings. The fourth-order valence-corrected chi connectivity index (χ4v) is 5.72. The predicted octanol–water partition coefficient (Wildman–Crippen LogP) is -4.25. The lowest BCUT2D eigenvalue weighted by Crippen LogP contribution is -2.60. The van der Waals surface area contributed by atoms with Gasteiger partial charge in [0.15, 0.2) is 5.96 Å². The highest BCUT2D eigenvalue weighted by molar-refractivity contribution is 6.07. The van der Waals surface area contributed by atoms with Gasteiger partial charge in [0.25, 0.3) is 5.91 Å². The van der Waals surface area contributed by atoms with Gasteiger partial charge >= 0.3 is 12.0 Å². The van der Waals surface area contributed by atoms with Gasteiger partial charge in [0.05, 0.1) is 12.6 Å². The van der Waals surface area contributed by atoms with Crippen LogP contribution in [0.4, 0.5) is 4.79 Å². The van der Waals surface area contributed by atoms with Crippen LogP contribution in [0.5, 0.6) is 0 Å². The van der Waals surface area contributed by atoms with Gasteiger partial charge in [-0.05, 0) is 26.2 Å². The molecule has 3 aliphatic rings. The summed E-state index contributed by atoms with van der Waals surface area (Å²) in [7, 11) is 0. The highest BCUT2D eigenvalue weighted by Gasteiger charge is 2.46. The topological polar surface area (TPSA) is 268 Å². The van der Waals surface area contributed by atoms with Gasteiger partial charge in [0.1, 0.15) is 23.9 Å². The number of amides is 7. The average Bonchev–Trinajstić information content (AvgIpc) is 3.58. The number of rotatable bonds is 19. The van der Waals surface area contributed by atoms with E-state index in [4.69, 9.17) is 16.2 Å². The van der Waals surface area contributed by atoms with Crippen LogP contribution < -0.4 is 32.7 Å². The number of aliphatic imine (C=N–C) groups is 1. The summed E-state index contributed by atoms with van der Waals surface area (Å²) < 4.78 is 4.92. The monoisotopic (exact) mass is 664 g/mol. The molecule has 3 heterocycles. The first-order valence-corrected chi connectivity index (χ1v) is 15.5. The highest BCUT2D eigenvalue weighted by Crippen LogP contribution is 2.20. The minimum Gasteiger partial charge on any atom is -0.464 e. The van der Waals surface area contributed by atoms with Gasteiger partial charge in [-0.15, -0.1) is 0 Å². The van der Waals surface area contributed by atoms with Gasteiger partial charge in [-0.3, -0.25) is 38.7 Å². The average molecular weight is 665 g/mol. The van der Waals surface area contributed by atoms with E-state index in [1.54, 1.807) is 6.92 Å². The minimum absolute atomic E-state index is 0.0866. The van der Waals surface area contributed by atoms with Crippen molar-refractivity contribution >= 4 is 54.3 Å². The zero-order valence-corrected chi connectivity index (χ0v) is 26.4. The number of nitrogens with one attached hydrogen (secondary N) is 4. The Kier molecular flexibility index (Phi) is 13.9. The second-order valence-corrected chi connectivity index (χ2v) is 11.5. The third-order valence-electron chi connectivity index (χ3n) is 8.42. The molecule has 3 rings (SSSR count). The van der Waals surface area contributed by atoms with Gasteiger partial charge in [0, 0.05) is 64.6 Å². The predicted molar refractivity (Wildman–Crippen MR) is 164 cm³/mol. The van der Waals surface area contributed by atoms with Crippen LogP contribution in [0.3, 0.4) is 0 Å². The number of carbonyl (C=O) groups is 8. The summed E-state index contributed by atoms with van der Waals surface area (Å²) in [6.07, 6.45) is 1.95. The van der Waals surface area contributed by atoms with Crippen molar-refractivity contribution in [2.75, 3.05) is 52.4 Å². The van der Waals surface area contributed by atoms with Crippen LogP contribution in [-0.4, -0.2) is 146 Å². The van der Waals surface area contributed by atoms with Crippen molar-refractivity contribution < 1.29 is 43.1 Å². The van der Waals surface area contributed by atoms with E-state index in [1.165, 1.54) is 4.90 Å². The van der Waals surface area contributed by atoms with Crippen LogP contribution in [0.25, 0.3) is 0 Å². The van der Waals surface area contributed by atoms with Gasteiger partial charge < -0.3 is 42.4 Å². The number of hydrogen-bond donors (Lipinski definition) is 6. The number of carbonyl (C=O) groups excluding carboxylic acids is 8. The number of urea groups is 1. The Morgan fingerprint density at radius 1 is 1.09 bits per heavy atom. The zero-order valence-electron chi connectivity index (χ0n) is 26.4. The lowest BCUT2D eigenvalue weighted by molar-refractivity contribution is -0.144. The molecule has 1 unspecified atom stereocenters. The smallest absolute Gasteiger partial charge is 0.328 e. The second-order valence-electron chi connectivity index (χ2n) is 11.5. The number of imide groups is 1. The maximum Gasteiger partial charge on any atom is 0.328 e. The number of nitrogens with zero attached hydrogens (tertiary/aromatic N) is 4. The molecule has 0 spiro atoms. The molecule has 0 saturated carbocycles. The van der Waals surface area contributed by atoms with E-state index in [0.717, 1.165) is 4.90 Å². The van der Waals surface area contributed by atoms with E-state index in [9.17, 15) is 38.4 Å². The quantitative estimate of drug-likeness (QED) is 0.0191. The summed E-state index contributed by atoms with van der Waals surface area (Å²) in [5.41, 5.74) is 10.8. The summed E-state index contributed by atoms with van der Waals surface area (Å²) >= 11 is 0. The van der Waals surface area contributed by atoms with Crippen LogP contribution >= 0.6 is 0 Å². The van der Waals surface area contributed by atoms with Crippen LogP contribution in [0.1, 0.15) is 39.0 Å². The Morgan fingerprint density at radius 3 is 2.40 bits per heavy atom. The highest BCUT2D eigenvalue weighted by atomic mass is 16.5. The number of nitrogens with two attached hydrogens (primary N) is 2. The summed E-state index contributed by atoms with van der Waals surface area (Å²) in [6.45, 7) is 2.98. The maximum atomic E-state index is 13.6. The molecule has 3 saturated heterocycles. The number of Topliss-reactive ketones (excluding diaryl/α,β-unsaturated/α-hetero) is 1. The number of hydrogen-bond acceptors (Lipinski definition) is 11. The van der Waals surface area contributed by atoms with Crippen LogP contribution in [0.2, 0.25) is 0 Å². The Bertz CT molecular complexity index is 1220. The third kappa shape index (κ3) is 10.1. The minimum atomic E-state index is -1.29. The third-order valence-corrected chi connectivity index (χ3v) is 8.42. The molecule has 0 aromatic carbocycles. The van der Waals surface area contributed by atoms with Crippen molar-refractivity contribution in [3.05, 3.63) is 0 Å².